The minimum absolute atomic E-state index is 0. The molecule has 4 heteroatoms. The van der Waals surface area contributed by atoms with Crippen LogP contribution in [-0.2, 0) is 20.1 Å². The molecule has 0 aromatic carbocycles. The first kappa shape index (κ1) is 30.4. The molecule has 3 atom stereocenters. The van der Waals surface area contributed by atoms with Gasteiger partial charge in [0.05, 0.1) is 17.1 Å². The molecule has 0 N–H and O–H groups in total. The molecule has 201 valence electrons. The van der Waals surface area contributed by atoms with E-state index in [-0.39, 0.29) is 20.1 Å². The van der Waals surface area contributed by atoms with Crippen molar-refractivity contribution >= 4 is 16.7 Å². The Kier molecular flexibility index (Phi) is 12.2. The fourth-order valence-electron chi connectivity index (χ4n) is 3.76. The van der Waals surface area contributed by atoms with Crippen molar-refractivity contribution in [2.75, 3.05) is 0 Å². The number of nitrogens with zero attached hydrogens (tertiary/aromatic N) is 3. The van der Waals surface area contributed by atoms with E-state index in [1.807, 2.05) is 54.6 Å². The van der Waals surface area contributed by atoms with Gasteiger partial charge in [0.1, 0.15) is 0 Å². The zero-order valence-corrected chi connectivity index (χ0v) is 25.4. The van der Waals surface area contributed by atoms with Gasteiger partial charge in [-0.15, -0.1) is 17.2 Å². The minimum atomic E-state index is 0. The third kappa shape index (κ3) is 9.57. The second-order valence-electron chi connectivity index (χ2n) is 9.47. The van der Waals surface area contributed by atoms with Crippen LogP contribution < -0.4 is 0 Å². The Hall–Kier alpha value is -4.12. The van der Waals surface area contributed by atoms with Gasteiger partial charge in [-0.25, -0.2) is 0 Å². The van der Waals surface area contributed by atoms with Gasteiger partial charge in [-0.2, -0.15) is 0 Å². The van der Waals surface area contributed by atoms with Gasteiger partial charge < -0.3 is 0 Å². The van der Waals surface area contributed by atoms with E-state index in [1.165, 1.54) is 0 Å². The van der Waals surface area contributed by atoms with Crippen LogP contribution in [0.5, 0.6) is 0 Å². The monoisotopic (exact) mass is 700 g/mol. The van der Waals surface area contributed by atoms with Crippen molar-refractivity contribution in [3.8, 4) is 0 Å². The molecule has 3 aliphatic rings. The first-order valence-corrected chi connectivity index (χ1v) is 13.3. The molecular formula is C36H33IrN3. The predicted molar refractivity (Wildman–Crippen MR) is 162 cm³/mol. The second-order valence-corrected chi connectivity index (χ2v) is 9.47. The van der Waals surface area contributed by atoms with E-state index in [1.54, 1.807) is 18.6 Å². The van der Waals surface area contributed by atoms with Crippen LogP contribution >= 0.6 is 0 Å². The van der Waals surface area contributed by atoms with E-state index in [0.29, 0.717) is 17.8 Å². The van der Waals surface area contributed by atoms with E-state index >= 15 is 0 Å². The summed E-state index contributed by atoms with van der Waals surface area (Å²) in [5, 5.41) is 0. The third-order valence-corrected chi connectivity index (χ3v) is 6.03. The zero-order valence-electron chi connectivity index (χ0n) is 23.0. The van der Waals surface area contributed by atoms with Gasteiger partial charge in [0.25, 0.3) is 0 Å². The van der Waals surface area contributed by atoms with Crippen LogP contribution in [0.15, 0.2) is 145 Å². The van der Waals surface area contributed by atoms with Crippen LogP contribution in [0.3, 0.4) is 0 Å². The maximum Gasteiger partial charge on any atom is 0.0779 e. The number of pyridine rings is 3. The summed E-state index contributed by atoms with van der Waals surface area (Å²) < 4.78 is 0. The Morgan fingerprint density at radius 1 is 0.475 bits per heavy atom. The fourth-order valence-corrected chi connectivity index (χ4v) is 3.76. The number of aromatic nitrogens is 3. The smallest absolute Gasteiger partial charge is 0.0779 e. The van der Waals surface area contributed by atoms with Crippen LogP contribution in [0.2, 0.25) is 0 Å². The Morgan fingerprint density at radius 2 is 0.775 bits per heavy atom. The summed E-state index contributed by atoms with van der Waals surface area (Å²) in [7, 11) is 0. The Balaban J connectivity index is 0.000000163. The molecule has 0 bridgehead atoms. The van der Waals surface area contributed by atoms with Crippen molar-refractivity contribution < 1.29 is 20.1 Å². The molecule has 1 radical (unpaired) electrons. The topological polar surface area (TPSA) is 38.7 Å². The van der Waals surface area contributed by atoms with E-state index in [4.69, 9.17) is 0 Å². The van der Waals surface area contributed by atoms with Gasteiger partial charge in [0.15, 0.2) is 0 Å². The Morgan fingerprint density at radius 3 is 0.975 bits per heavy atom. The molecule has 6 rings (SSSR count). The molecule has 3 heterocycles. The summed E-state index contributed by atoms with van der Waals surface area (Å²) in [4.78, 5) is 12.8. The summed E-state index contributed by atoms with van der Waals surface area (Å²) in [5.74, 6) is 1.48. The largest absolute Gasteiger partial charge is 0.256 e. The maximum absolute atomic E-state index is 4.26. The normalized spacial score (nSPS) is 19.6. The number of hydrogen-bond donors (Lipinski definition) is 0. The predicted octanol–water partition coefficient (Wildman–Crippen LogP) is 8.48. The second kappa shape index (κ2) is 16.1. The van der Waals surface area contributed by atoms with Gasteiger partial charge in [-0.1, -0.05) is 57.2 Å². The van der Waals surface area contributed by atoms with Crippen molar-refractivity contribution in [1.82, 2.24) is 15.0 Å². The van der Waals surface area contributed by atoms with Crippen molar-refractivity contribution in [2.45, 2.75) is 20.8 Å². The van der Waals surface area contributed by atoms with Crippen LogP contribution in [0, 0.1) is 17.8 Å². The number of rotatable bonds is 3. The third-order valence-electron chi connectivity index (χ3n) is 6.03. The summed E-state index contributed by atoms with van der Waals surface area (Å²) >= 11 is 0. The van der Waals surface area contributed by atoms with Crippen molar-refractivity contribution in [1.29, 1.82) is 0 Å². The molecule has 3 nitrogen and oxygen atoms in total. The molecule has 0 spiro atoms. The molecular weight excluding hydrogens is 667 g/mol. The van der Waals surface area contributed by atoms with E-state index in [9.17, 15) is 0 Å². The molecule has 3 unspecified atom stereocenters. The molecule has 0 aliphatic heterocycles. The molecule has 3 aromatic heterocycles. The SMILES string of the molecule is CC1C=C=C(c2ccccn2)C=C1.CC1C=C=C(c2ccccn2)C=C1.CC1C=C=C(c2ccccn2)C=C1.[Ir]. The molecule has 40 heavy (non-hydrogen) atoms. The summed E-state index contributed by atoms with van der Waals surface area (Å²) in [6.07, 6.45) is 24.3. The molecule has 0 saturated carbocycles. The minimum Gasteiger partial charge on any atom is -0.256 e. The number of hydrogen-bond acceptors (Lipinski definition) is 3. The molecule has 3 aliphatic carbocycles. The van der Waals surface area contributed by atoms with Crippen LogP contribution in [0.4, 0.5) is 0 Å². The Bertz CT molecular complexity index is 1340. The first-order valence-electron chi connectivity index (χ1n) is 13.3. The summed E-state index contributed by atoms with van der Waals surface area (Å²) in [6.45, 7) is 6.41. The molecule has 3 aromatic rings. The van der Waals surface area contributed by atoms with Gasteiger partial charge in [0.2, 0.25) is 0 Å². The maximum atomic E-state index is 4.26. The van der Waals surface area contributed by atoms with Crippen LogP contribution in [-0.4, -0.2) is 15.0 Å². The summed E-state index contributed by atoms with van der Waals surface area (Å²) in [6, 6.07) is 17.7. The average Bonchev–Trinajstić information content (AvgIpc) is 3.00. The fraction of sp³-hybridized carbons (Fsp3) is 0.167. The van der Waals surface area contributed by atoms with E-state index < -0.39 is 0 Å². The standard InChI is InChI=1S/3C12H11N.Ir/c3*1-10-5-7-11(8-6-10)12-4-2-3-9-13-12;/h3*2-7,9-10H,1H3;. The van der Waals surface area contributed by atoms with E-state index in [0.717, 1.165) is 33.8 Å². The van der Waals surface area contributed by atoms with Crippen LogP contribution in [0.1, 0.15) is 37.9 Å². The summed E-state index contributed by atoms with van der Waals surface area (Å²) in [5.41, 5.74) is 15.9. The molecule has 0 fully saturated rings. The van der Waals surface area contributed by atoms with Gasteiger partial charge >= 0.3 is 0 Å². The van der Waals surface area contributed by atoms with Gasteiger partial charge in [0, 0.05) is 55.4 Å². The van der Waals surface area contributed by atoms with Crippen molar-refractivity contribution in [3.05, 3.63) is 162 Å². The van der Waals surface area contributed by atoms with E-state index in [2.05, 4.69) is 108 Å². The van der Waals surface area contributed by atoms with Crippen molar-refractivity contribution in [2.24, 2.45) is 17.8 Å². The van der Waals surface area contributed by atoms with Gasteiger partial charge in [-0.05, 0) is 90.6 Å². The molecule has 0 amide bonds. The first-order chi connectivity index (χ1) is 19.1. The molecule has 0 saturated heterocycles. The van der Waals surface area contributed by atoms with Gasteiger partial charge in [-0.3, -0.25) is 15.0 Å². The van der Waals surface area contributed by atoms with Crippen LogP contribution in [0.25, 0.3) is 16.7 Å². The zero-order chi connectivity index (χ0) is 27.3. The van der Waals surface area contributed by atoms with Crippen molar-refractivity contribution in [3.63, 3.8) is 0 Å². The quantitative estimate of drug-likeness (QED) is 0.258. The average molecular weight is 700 g/mol. The number of allylic oxidation sites excluding steroid dienone is 9. The Labute approximate surface area is 251 Å².